The van der Waals surface area contributed by atoms with Crippen LogP contribution in [0.5, 0.6) is 0 Å². The van der Waals surface area contributed by atoms with Gasteiger partial charge in [0.1, 0.15) is 22.8 Å². The van der Waals surface area contributed by atoms with Crippen LogP contribution >= 0.6 is 11.3 Å². The van der Waals surface area contributed by atoms with E-state index in [0.717, 1.165) is 32.9 Å². The minimum absolute atomic E-state index is 0.0374. The summed E-state index contributed by atoms with van der Waals surface area (Å²) in [6, 6.07) is 10.1. The Morgan fingerprint density at radius 2 is 2.10 bits per heavy atom. The van der Waals surface area contributed by atoms with E-state index in [1.807, 2.05) is 35.7 Å². The molecule has 5 nitrogen and oxygen atoms in total. The number of rotatable bonds is 3. The molecule has 4 aromatic rings. The Kier molecular flexibility index (Phi) is 2.82. The Balaban J connectivity index is 1.68. The third-order valence-corrected chi connectivity index (χ3v) is 4.25. The van der Waals surface area contributed by atoms with Crippen LogP contribution in [0.4, 0.5) is 5.82 Å². The first kappa shape index (κ1) is 12.3. The molecule has 0 fully saturated rings. The van der Waals surface area contributed by atoms with Crippen molar-refractivity contribution in [2.24, 2.45) is 0 Å². The normalized spacial score (nSPS) is 12.8. The first-order chi connectivity index (χ1) is 10.3. The topological polar surface area (TPSA) is 66.5 Å². The van der Waals surface area contributed by atoms with Crippen molar-refractivity contribution < 1.29 is 0 Å². The number of anilines is 1. The predicted octanol–water partition coefficient (Wildman–Crippen LogP) is 3.74. The monoisotopic (exact) mass is 295 g/mol. The van der Waals surface area contributed by atoms with Gasteiger partial charge in [-0.2, -0.15) is 0 Å². The lowest BCUT2D eigenvalue weighted by atomic mass is 10.3. The molecule has 21 heavy (non-hydrogen) atoms. The average Bonchev–Trinajstić information content (AvgIpc) is 3.14. The van der Waals surface area contributed by atoms with E-state index in [4.69, 9.17) is 0 Å². The molecule has 6 heteroatoms. The van der Waals surface area contributed by atoms with E-state index in [1.54, 1.807) is 17.7 Å². The zero-order chi connectivity index (χ0) is 14.2. The number of fused-ring (bicyclic) bond motifs is 2. The molecule has 0 aliphatic rings. The van der Waals surface area contributed by atoms with Crippen LogP contribution in [0, 0.1) is 0 Å². The van der Waals surface area contributed by atoms with Crippen LogP contribution in [0.3, 0.4) is 0 Å². The fourth-order valence-electron chi connectivity index (χ4n) is 2.36. The Labute approximate surface area is 125 Å². The highest BCUT2D eigenvalue weighted by atomic mass is 32.1. The highest BCUT2D eigenvalue weighted by Crippen LogP contribution is 2.26. The smallest absolute Gasteiger partial charge is 0.138 e. The van der Waals surface area contributed by atoms with E-state index in [0.29, 0.717) is 0 Å². The molecule has 0 amide bonds. The van der Waals surface area contributed by atoms with Gasteiger partial charge in [0.05, 0.1) is 22.5 Å². The fraction of sp³-hybridized carbons (Fsp3) is 0.133. The minimum Gasteiger partial charge on any atom is -0.360 e. The number of para-hydroxylation sites is 2. The van der Waals surface area contributed by atoms with E-state index >= 15 is 0 Å². The molecule has 0 saturated carbocycles. The molecule has 0 saturated heterocycles. The van der Waals surface area contributed by atoms with Gasteiger partial charge in [-0.1, -0.05) is 12.1 Å². The van der Waals surface area contributed by atoms with Gasteiger partial charge in [-0.3, -0.25) is 0 Å². The molecule has 1 aromatic carbocycles. The molecule has 0 spiro atoms. The van der Waals surface area contributed by atoms with Crippen LogP contribution in [-0.4, -0.2) is 19.9 Å². The van der Waals surface area contributed by atoms with Crippen molar-refractivity contribution in [3.05, 3.63) is 47.9 Å². The first-order valence-corrected chi connectivity index (χ1v) is 7.58. The minimum atomic E-state index is 0.0374. The number of aromatic amines is 1. The lowest BCUT2D eigenvalue weighted by molar-refractivity contribution is 0.810. The molecule has 4 rings (SSSR count). The zero-order valence-corrected chi connectivity index (χ0v) is 12.2. The van der Waals surface area contributed by atoms with Crippen molar-refractivity contribution in [3.8, 4) is 0 Å². The SMILES string of the molecule is C[C@@H](Nc1ncnc2sccc12)c1nc2ccccc2[nH]1. The fourth-order valence-corrected chi connectivity index (χ4v) is 3.09. The molecule has 1 atom stereocenters. The molecular formula is C15H13N5S. The maximum atomic E-state index is 4.62. The molecule has 104 valence electrons. The summed E-state index contributed by atoms with van der Waals surface area (Å²) < 4.78 is 0. The summed E-state index contributed by atoms with van der Waals surface area (Å²) in [4.78, 5) is 17.6. The van der Waals surface area contributed by atoms with Crippen molar-refractivity contribution in [2.75, 3.05) is 5.32 Å². The summed E-state index contributed by atoms with van der Waals surface area (Å²) in [5, 5.41) is 6.48. The molecule has 3 aromatic heterocycles. The van der Waals surface area contributed by atoms with Gasteiger partial charge in [-0.05, 0) is 30.5 Å². The predicted molar refractivity (Wildman–Crippen MR) is 85.5 cm³/mol. The van der Waals surface area contributed by atoms with Crippen molar-refractivity contribution in [1.29, 1.82) is 0 Å². The van der Waals surface area contributed by atoms with Gasteiger partial charge < -0.3 is 10.3 Å². The lowest BCUT2D eigenvalue weighted by Gasteiger charge is -2.12. The lowest BCUT2D eigenvalue weighted by Crippen LogP contribution is -2.09. The number of hydrogen-bond acceptors (Lipinski definition) is 5. The standard InChI is InChI=1S/C15H13N5S/c1-9(13-19-11-4-2-3-5-12(11)20-13)18-14-10-6-7-21-15(10)17-8-16-14/h2-9H,1H3,(H,19,20)(H,16,17,18)/t9-/m1/s1. The Hall–Kier alpha value is -2.47. The van der Waals surface area contributed by atoms with Crippen molar-refractivity contribution in [1.82, 2.24) is 19.9 Å². The van der Waals surface area contributed by atoms with E-state index in [1.165, 1.54) is 0 Å². The zero-order valence-electron chi connectivity index (χ0n) is 11.4. The number of imidazole rings is 1. The van der Waals surface area contributed by atoms with Gasteiger partial charge in [-0.15, -0.1) is 11.3 Å². The Bertz CT molecular complexity index is 877. The average molecular weight is 295 g/mol. The molecule has 0 aliphatic carbocycles. The summed E-state index contributed by atoms with van der Waals surface area (Å²) in [6.45, 7) is 2.07. The van der Waals surface area contributed by atoms with Crippen LogP contribution in [0.25, 0.3) is 21.3 Å². The maximum Gasteiger partial charge on any atom is 0.138 e. The number of aromatic nitrogens is 4. The highest BCUT2D eigenvalue weighted by Gasteiger charge is 2.13. The molecule has 0 radical (unpaired) electrons. The Morgan fingerprint density at radius 3 is 3.00 bits per heavy atom. The van der Waals surface area contributed by atoms with Crippen molar-refractivity contribution >= 4 is 38.4 Å². The Morgan fingerprint density at radius 1 is 1.19 bits per heavy atom. The van der Waals surface area contributed by atoms with Crippen LogP contribution in [0.15, 0.2) is 42.0 Å². The van der Waals surface area contributed by atoms with Crippen LogP contribution in [0.1, 0.15) is 18.8 Å². The molecule has 0 aliphatic heterocycles. The van der Waals surface area contributed by atoms with Gasteiger partial charge in [0.2, 0.25) is 0 Å². The summed E-state index contributed by atoms with van der Waals surface area (Å²) in [5.41, 5.74) is 2.02. The summed E-state index contributed by atoms with van der Waals surface area (Å²) in [6.07, 6.45) is 1.59. The highest BCUT2D eigenvalue weighted by molar-refractivity contribution is 7.16. The van der Waals surface area contributed by atoms with E-state index < -0.39 is 0 Å². The number of benzene rings is 1. The molecule has 3 heterocycles. The van der Waals surface area contributed by atoms with Crippen molar-refractivity contribution in [2.45, 2.75) is 13.0 Å². The number of nitrogens with zero attached hydrogens (tertiary/aromatic N) is 3. The van der Waals surface area contributed by atoms with Gasteiger partial charge in [0.25, 0.3) is 0 Å². The van der Waals surface area contributed by atoms with Gasteiger partial charge in [0, 0.05) is 0 Å². The number of hydrogen-bond donors (Lipinski definition) is 2. The first-order valence-electron chi connectivity index (χ1n) is 6.70. The summed E-state index contributed by atoms with van der Waals surface area (Å²) >= 11 is 1.61. The van der Waals surface area contributed by atoms with Crippen LogP contribution in [-0.2, 0) is 0 Å². The second-order valence-corrected chi connectivity index (χ2v) is 5.76. The third kappa shape index (κ3) is 2.13. The molecule has 0 unspecified atom stereocenters. The van der Waals surface area contributed by atoms with E-state index in [-0.39, 0.29) is 6.04 Å². The van der Waals surface area contributed by atoms with Crippen LogP contribution < -0.4 is 5.32 Å². The maximum absolute atomic E-state index is 4.62. The number of nitrogens with one attached hydrogen (secondary N) is 2. The summed E-state index contributed by atoms with van der Waals surface area (Å²) in [5.74, 6) is 1.74. The van der Waals surface area contributed by atoms with E-state index in [2.05, 4.69) is 32.2 Å². The second-order valence-electron chi connectivity index (χ2n) is 4.87. The number of thiophene rings is 1. The van der Waals surface area contributed by atoms with Gasteiger partial charge >= 0.3 is 0 Å². The van der Waals surface area contributed by atoms with Gasteiger partial charge in [0.15, 0.2) is 0 Å². The summed E-state index contributed by atoms with van der Waals surface area (Å²) in [7, 11) is 0. The largest absolute Gasteiger partial charge is 0.360 e. The van der Waals surface area contributed by atoms with E-state index in [9.17, 15) is 0 Å². The second kappa shape index (κ2) is 4.82. The van der Waals surface area contributed by atoms with Gasteiger partial charge in [-0.25, -0.2) is 15.0 Å². The molecule has 2 N–H and O–H groups in total. The molecular weight excluding hydrogens is 282 g/mol. The van der Waals surface area contributed by atoms with Crippen molar-refractivity contribution in [3.63, 3.8) is 0 Å². The van der Waals surface area contributed by atoms with Crippen LogP contribution in [0.2, 0.25) is 0 Å². The molecule has 0 bridgehead atoms. The quantitative estimate of drug-likeness (QED) is 0.604. The number of H-pyrrole nitrogens is 1. The third-order valence-electron chi connectivity index (χ3n) is 3.43.